The number of phosphoric acid groups is 1. The molecule has 248 valence electrons. The van der Waals surface area contributed by atoms with Crippen LogP contribution in [0, 0.1) is 0 Å². The maximum Gasteiger partial charge on any atom is 0.472 e. The van der Waals surface area contributed by atoms with Gasteiger partial charge in [0, 0.05) is 26.3 Å². The molecule has 10 nitrogen and oxygen atoms in total. The number of phosphoric ester groups is 1. The molecule has 0 rings (SSSR count). The third-order valence-electron chi connectivity index (χ3n) is 6.85. The van der Waals surface area contributed by atoms with Crippen LogP contribution in [0.1, 0.15) is 149 Å². The van der Waals surface area contributed by atoms with Crippen LogP contribution >= 0.6 is 7.82 Å². The highest BCUT2D eigenvalue weighted by atomic mass is 31.2. The van der Waals surface area contributed by atoms with Gasteiger partial charge in [0.15, 0.2) is 6.10 Å². The first-order chi connectivity index (χ1) is 20.2. The van der Waals surface area contributed by atoms with E-state index in [4.69, 9.17) is 18.5 Å². The molecule has 0 heterocycles. The molecule has 0 aliphatic rings. The van der Waals surface area contributed by atoms with Crippen LogP contribution in [0.4, 0.5) is 0 Å². The van der Waals surface area contributed by atoms with E-state index in [9.17, 15) is 23.8 Å². The molecular weight excluding hydrogens is 561 g/mol. The molecule has 0 aliphatic carbocycles. The second kappa shape index (κ2) is 28.3. The van der Waals surface area contributed by atoms with Gasteiger partial charge in [0.2, 0.25) is 5.91 Å². The minimum Gasteiger partial charge on any atom is -0.462 e. The molecule has 1 amide bonds. The highest BCUT2D eigenvalue weighted by molar-refractivity contribution is 7.47. The molecule has 0 saturated heterocycles. The van der Waals surface area contributed by atoms with E-state index in [-0.39, 0.29) is 38.5 Å². The molecule has 0 bridgehead atoms. The van der Waals surface area contributed by atoms with Crippen LogP contribution in [0.5, 0.6) is 0 Å². The lowest BCUT2D eigenvalue weighted by atomic mass is 10.1. The highest BCUT2D eigenvalue weighted by Gasteiger charge is 2.26. The van der Waals surface area contributed by atoms with Gasteiger partial charge >= 0.3 is 19.8 Å². The van der Waals surface area contributed by atoms with Crippen molar-refractivity contribution in [1.82, 2.24) is 5.32 Å². The van der Waals surface area contributed by atoms with Crippen molar-refractivity contribution in [1.29, 1.82) is 0 Å². The Morgan fingerprint density at radius 3 is 1.60 bits per heavy atom. The zero-order chi connectivity index (χ0) is 31.3. The van der Waals surface area contributed by atoms with Gasteiger partial charge in [-0.3, -0.25) is 23.4 Å². The average Bonchev–Trinajstić information content (AvgIpc) is 2.95. The minimum absolute atomic E-state index is 0.0386. The van der Waals surface area contributed by atoms with Crippen molar-refractivity contribution in [3.05, 3.63) is 0 Å². The molecule has 2 N–H and O–H groups in total. The number of amides is 1. The summed E-state index contributed by atoms with van der Waals surface area (Å²) in [4.78, 5) is 45.6. The summed E-state index contributed by atoms with van der Waals surface area (Å²) in [7, 11) is -4.46. The van der Waals surface area contributed by atoms with Gasteiger partial charge in [-0.15, -0.1) is 0 Å². The van der Waals surface area contributed by atoms with Gasteiger partial charge < -0.3 is 19.7 Å². The Bertz CT molecular complexity index is 735. The van der Waals surface area contributed by atoms with Crippen LogP contribution < -0.4 is 5.32 Å². The SMILES string of the molecule is CCCCCCCCCCCC(=O)OC[C@H](COP(=O)(O)OCCNC(C)=O)OC(=O)CCCCCCCCCCC. The van der Waals surface area contributed by atoms with E-state index in [1.807, 2.05) is 0 Å². The second-order valence-electron chi connectivity index (χ2n) is 11.0. The van der Waals surface area contributed by atoms with Crippen molar-refractivity contribution in [3.8, 4) is 0 Å². The maximum absolute atomic E-state index is 12.4. The number of hydrogen-bond acceptors (Lipinski definition) is 8. The third kappa shape index (κ3) is 28.6. The van der Waals surface area contributed by atoms with Gasteiger partial charge in [-0.1, -0.05) is 117 Å². The Kier molecular flexibility index (Phi) is 27.3. The Morgan fingerprint density at radius 2 is 1.12 bits per heavy atom. The fourth-order valence-electron chi connectivity index (χ4n) is 4.38. The Morgan fingerprint density at radius 1 is 0.667 bits per heavy atom. The molecule has 0 radical (unpaired) electrons. The Labute approximate surface area is 255 Å². The number of esters is 2. The van der Waals surface area contributed by atoms with E-state index < -0.39 is 32.5 Å². The van der Waals surface area contributed by atoms with Gasteiger partial charge in [0.25, 0.3) is 0 Å². The van der Waals surface area contributed by atoms with Crippen molar-refractivity contribution in [2.45, 2.75) is 155 Å². The van der Waals surface area contributed by atoms with Gasteiger partial charge in [0.05, 0.1) is 13.2 Å². The number of ether oxygens (including phenoxy) is 2. The summed E-state index contributed by atoms with van der Waals surface area (Å²) in [5.74, 6) is -1.17. The fraction of sp³-hybridized carbons (Fsp3) is 0.903. The van der Waals surface area contributed by atoms with Gasteiger partial charge in [-0.05, 0) is 12.8 Å². The predicted octanol–water partition coefficient (Wildman–Crippen LogP) is 7.55. The van der Waals surface area contributed by atoms with Crippen LogP contribution in [0.2, 0.25) is 0 Å². The van der Waals surface area contributed by atoms with E-state index >= 15 is 0 Å². The monoisotopic (exact) mass is 621 g/mol. The van der Waals surface area contributed by atoms with Crippen molar-refractivity contribution >= 4 is 25.7 Å². The normalized spacial score (nSPS) is 13.3. The van der Waals surface area contributed by atoms with E-state index in [0.717, 1.165) is 38.5 Å². The molecule has 0 spiro atoms. The number of unbranched alkanes of at least 4 members (excludes halogenated alkanes) is 16. The number of carbonyl (C=O) groups excluding carboxylic acids is 3. The summed E-state index contributed by atoms with van der Waals surface area (Å²) in [6.45, 7) is 4.79. The van der Waals surface area contributed by atoms with Crippen LogP contribution in [0.15, 0.2) is 0 Å². The van der Waals surface area contributed by atoms with E-state index in [2.05, 4.69) is 19.2 Å². The zero-order valence-corrected chi connectivity index (χ0v) is 27.6. The maximum atomic E-state index is 12.4. The fourth-order valence-corrected chi connectivity index (χ4v) is 5.13. The predicted molar refractivity (Wildman–Crippen MR) is 165 cm³/mol. The molecule has 2 atom stereocenters. The van der Waals surface area contributed by atoms with Gasteiger partial charge in [-0.25, -0.2) is 4.57 Å². The number of carbonyl (C=O) groups is 3. The lowest BCUT2D eigenvalue weighted by Crippen LogP contribution is -2.30. The zero-order valence-electron chi connectivity index (χ0n) is 26.7. The molecule has 0 saturated carbocycles. The standard InChI is InChI=1S/C31H60NO9P/c1-4-6-8-10-12-14-16-18-20-22-30(34)38-26-29(27-40-42(36,37)39-25-24-32-28(3)33)41-31(35)23-21-19-17-15-13-11-9-7-5-2/h29H,4-27H2,1-3H3,(H,32,33)(H,36,37)/t29-/m1/s1. The van der Waals surface area contributed by atoms with Crippen molar-refractivity contribution in [2.75, 3.05) is 26.4 Å². The van der Waals surface area contributed by atoms with Crippen LogP contribution in [0.25, 0.3) is 0 Å². The third-order valence-corrected chi connectivity index (χ3v) is 7.84. The summed E-state index contributed by atoms with van der Waals surface area (Å²) in [5, 5.41) is 2.44. The topological polar surface area (TPSA) is 137 Å². The molecule has 0 aromatic heterocycles. The highest BCUT2D eigenvalue weighted by Crippen LogP contribution is 2.43. The molecule has 11 heteroatoms. The molecule has 0 aliphatic heterocycles. The summed E-state index contributed by atoms with van der Waals surface area (Å²) in [6, 6.07) is 0. The number of rotatable bonds is 30. The summed E-state index contributed by atoms with van der Waals surface area (Å²) < 4.78 is 32.8. The van der Waals surface area contributed by atoms with E-state index in [1.54, 1.807) is 0 Å². The molecule has 0 aromatic carbocycles. The minimum atomic E-state index is -4.46. The van der Waals surface area contributed by atoms with Gasteiger partial charge in [0.1, 0.15) is 6.61 Å². The lowest BCUT2D eigenvalue weighted by Gasteiger charge is -2.20. The largest absolute Gasteiger partial charge is 0.472 e. The Balaban J connectivity index is 4.48. The van der Waals surface area contributed by atoms with Crippen LogP contribution in [-0.2, 0) is 37.5 Å². The smallest absolute Gasteiger partial charge is 0.462 e. The second-order valence-corrected chi connectivity index (χ2v) is 12.5. The number of nitrogens with one attached hydrogen (secondary N) is 1. The average molecular weight is 622 g/mol. The molecule has 0 aromatic rings. The van der Waals surface area contributed by atoms with E-state index in [0.29, 0.717) is 6.42 Å². The molecular formula is C31H60NO9P. The van der Waals surface area contributed by atoms with Crippen molar-refractivity contribution < 1.29 is 42.4 Å². The van der Waals surface area contributed by atoms with Crippen LogP contribution in [-0.4, -0.2) is 55.2 Å². The summed E-state index contributed by atoms with van der Waals surface area (Å²) in [5.41, 5.74) is 0. The van der Waals surface area contributed by atoms with Gasteiger partial charge in [-0.2, -0.15) is 0 Å². The first-order valence-corrected chi connectivity index (χ1v) is 17.9. The van der Waals surface area contributed by atoms with Crippen LogP contribution in [0.3, 0.4) is 0 Å². The first-order valence-electron chi connectivity index (χ1n) is 16.4. The summed E-state index contributed by atoms with van der Waals surface area (Å²) >= 11 is 0. The quantitative estimate of drug-likeness (QED) is 0.0473. The van der Waals surface area contributed by atoms with E-state index in [1.165, 1.54) is 77.6 Å². The number of hydrogen-bond donors (Lipinski definition) is 2. The van der Waals surface area contributed by atoms with Crippen molar-refractivity contribution in [3.63, 3.8) is 0 Å². The van der Waals surface area contributed by atoms with Crippen molar-refractivity contribution in [2.24, 2.45) is 0 Å². The lowest BCUT2D eigenvalue weighted by molar-refractivity contribution is -0.161. The Hall–Kier alpha value is -1.48. The molecule has 1 unspecified atom stereocenters. The first kappa shape index (κ1) is 40.5. The molecule has 0 fully saturated rings. The summed E-state index contributed by atoms with van der Waals surface area (Å²) in [6.07, 6.45) is 19.7. The molecule has 42 heavy (non-hydrogen) atoms.